The van der Waals surface area contributed by atoms with Gasteiger partial charge in [-0.2, -0.15) is 0 Å². The number of hydrogen-bond acceptors (Lipinski definition) is 5. The summed E-state index contributed by atoms with van der Waals surface area (Å²) in [5.74, 6) is 4.95. The van der Waals surface area contributed by atoms with Crippen molar-refractivity contribution in [3.63, 3.8) is 0 Å². The molecular weight excluding hydrogens is 262 g/mol. The van der Waals surface area contributed by atoms with E-state index in [0.717, 1.165) is 32.6 Å². The number of nitrogens with zero attached hydrogens (tertiary/aromatic N) is 1. The van der Waals surface area contributed by atoms with Gasteiger partial charge in [-0.25, -0.2) is 5.84 Å². The lowest BCUT2D eigenvalue weighted by Crippen LogP contribution is -2.36. The molecule has 0 bridgehead atoms. The van der Waals surface area contributed by atoms with Gasteiger partial charge in [-0.3, -0.25) is 15.1 Å². The van der Waals surface area contributed by atoms with Crippen molar-refractivity contribution in [2.24, 2.45) is 5.84 Å². The van der Waals surface area contributed by atoms with Crippen LogP contribution in [0.5, 0.6) is 0 Å². The molecule has 0 atom stereocenters. The van der Waals surface area contributed by atoms with Gasteiger partial charge in [-0.05, 0) is 38.4 Å². The third-order valence-corrected chi connectivity index (χ3v) is 4.70. The molecule has 1 fully saturated rings. The standard InChI is InChI=1S/C13H21N3O2S/c1-9-10(7-12(19-9)13(17)15-14)8-16(2)11-3-5-18-6-4-11/h7,11H,3-6,8,14H2,1-2H3,(H,15,17). The van der Waals surface area contributed by atoms with Crippen LogP contribution in [-0.2, 0) is 11.3 Å². The van der Waals surface area contributed by atoms with Gasteiger partial charge in [0.1, 0.15) is 0 Å². The minimum Gasteiger partial charge on any atom is -0.381 e. The van der Waals surface area contributed by atoms with Crippen molar-refractivity contribution in [1.29, 1.82) is 0 Å². The van der Waals surface area contributed by atoms with E-state index in [1.54, 1.807) is 0 Å². The van der Waals surface area contributed by atoms with Crippen molar-refractivity contribution >= 4 is 17.2 Å². The van der Waals surface area contributed by atoms with Crippen LogP contribution in [0.2, 0.25) is 0 Å². The Morgan fingerprint density at radius 3 is 2.89 bits per heavy atom. The number of aryl methyl sites for hydroxylation is 1. The lowest BCUT2D eigenvalue weighted by Gasteiger charge is -2.31. The maximum Gasteiger partial charge on any atom is 0.275 e. The Hall–Kier alpha value is -0.950. The van der Waals surface area contributed by atoms with Crippen LogP contribution in [0.1, 0.15) is 33.0 Å². The Morgan fingerprint density at radius 1 is 1.58 bits per heavy atom. The van der Waals surface area contributed by atoms with E-state index in [4.69, 9.17) is 10.6 Å². The molecule has 2 heterocycles. The second-order valence-electron chi connectivity index (χ2n) is 4.92. The van der Waals surface area contributed by atoms with E-state index in [1.165, 1.54) is 21.8 Å². The highest BCUT2D eigenvalue weighted by Gasteiger charge is 2.20. The predicted molar refractivity (Wildman–Crippen MR) is 76.0 cm³/mol. The number of hydrogen-bond donors (Lipinski definition) is 2. The molecule has 0 saturated carbocycles. The van der Waals surface area contributed by atoms with Crippen LogP contribution in [0.4, 0.5) is 0 Å². The molecule has 0 aliphatic carbocycles. The Kier molecular flexibility index (Phi) is 4.93. The molecule has 19 heavy (non-hydrogen) atoms. The van der Waals surface area contributed by atoms with E-state index < -0.39 is 0 Å². The molecule has 0 aromatic carbocycles. The Labute approximate surface area is 117 Å². The molecule has 0 unspecified atom stereocenters. The molecule has 1 aliphatic rings. The summed E-state index contributed by atoms with van der Waals surface area (Å²) in [6.45, 7) is 4.60. The number of ether oxygens (including phenoxy) is 1. The number of amides is 1. The maximum absolute atomic E-state index is 11.5. The highest BCUT2D eigenvalue weighted by atomic mass is 32.1. The lowest BCUT2D eigenvalue weighted by atomic mass is 10.1. The van der Waals surface area contributed by atoms with Gasteiger partial charge in [0, 0.05) is 30.7 Å². The van der Waals surface area contributed by atoms with E-state index in [9.17, 15) is 4.79 Å². The summed E-state index contributed by atoms with van der Waals surface area (Å²) in [5, 5.41) is 0. The lowest BCUT2D eigenvalue weighted by molar-refractivity contribution is 0.0407. The summed E-state index contributed by atoms with van der Waals surface area (Å²) in [4.78, 5) is 15.7. The molecule has 1 aromatic rings. The summed E-state index contributed by atoms with van der Waals surface area (Å²) < 4.78 is 5.38. The molecule has 106 valence electrons. The van der Waals surface area contributed by atoms with Crippen molar-refractivity contribution in [2.45, 2.75) is 32.4 Å². The van der Waals surface area contributed by atoms with Crippen molar-refractivity contribution in [2.75, 3.05) is 20.3 Å². The molecule has 0 radical (unpaired) electrons. The van der Waals surface area contributed by atoms with Gasteiger partial charge >= 0.3 is 0 Å². The van der Waals surface area contributed by atoms with Crippen molar-refractivity contribution in [3.05, 3.63) is 21.4 Å². The molecule has 3 N–H and O–H groups in total. The Morgan fingerprint density at radius 2 is 2.26 bits per heavy atom. The highest BCUT2D eigenvalue weighted by molar-refractivity contribution is 7.14. The minimum atomic E-state index is -0.215. The van der Waals surface area contributed by atoms with Gasteiger partial charge in [0.15, 0.2) is 0 Å². The van der Waals surface area contributed by atoms with Crippen LogP contribution in [0.15, 0.2) is 6.07 Å². The maximum atomic E-state index is 11.5. The third-order valence-electron chi connectivity index (χ3n) is 3.61. The van der Waals surface area contributed by atoms with Crippen LogP contribution in [0, 0.1) is 6.92 Å². The number of thiophene rings is 1. The van der Waals surface area contributed by atoms with Crippen LogP contribution in [0.3, 0.4) is 0 Å². The smallest absolute Gasteiger partial charge is 0.275 e. The summed E-state index contributed by atoms with van der Waals surface area (Å²) in [6, 6.07) is 2.51. The van der Waals surface area contributed by atoms with Gasteiger partial charge < -0.3 is 4.74 Å². The second kappa shape index (κ2) is 6.47. The zero-order chi connectivity index (χ0) is 13.8. The molecule has 0 spiro atoms. The molecule has 2 rings (SSSR count). The fourth-order valence-corrected chi connectivity index (χ4v) is 3.32. The van der Waals surface area contributed by atoms with E-state index >= 15 is 0 Å². The summed E-state index contributed by atoms with van der Waals surface area (Å²) >= 11 is 1.49. The molecule has 1 saturated heterocycles. The van der Waals surface area contributed by atoms with Crippen LogP contribution >= 0.6 is 11.3 Å². The molecule has 1 amide bonds. The van der Waals surface area contributed by atoms with Gasteiger partial charge in [0.05, 0.1) is 4.88 Å². The van der Waals surface area contributed by atoms with E-state index in [-0.39, 0.29) is 5.91 Å². The first-order chi connectivity index (χ1) is 9.11. The predicted octanol–water partition coefficient (Wildman–Crippen LogP) is 1.27. The zero-order valence-electron chi connectivity index (χ0n) is 11.4. The number of carbonyl (C=O) groups is 1. The Bertz CT molecular complexity index is 441. The first-order valence-corrected chi connectivity index (χ1v) is 7.31. The summed E-state index contributed by atoms with van der Waals surface area (Å²) in [6.07, 6.45) is 2.16. The van der Waals surface area contributed by atoms with E-state index in [2.05, 4.69) is 17.4 Å². The fraction of sp³-hybridized carbons (Fsp3) is 0.615. The average Bonchev–Trinajstić information content (AvgIpc) is 2.80. The van der Waals surface area contributed by atoms with Gasteiger partial charge in [-0.15, -0.1) is 11.3 Å². The van der Waals surface area contributed by atoms with Crippen LogP contribution in [0.25, 0.3) is 0 Å². The quantitative estimate of drug-likeness (QED) is 0.496. The molecule has 1 aromatic heterocycles. The SMILES string of the molecule is Cc1sc(C(=O)NN)cc1CN(C)C1CCOCC1. The largest absolute Gasteiger partial charge is 0.381 e. The number of nitrogen functional groups attached to an aromatic ring is 1. The average molecular weight is 283 g/mol. The molecule has 5 nitrogen and oxygen atoms in total. The zero-order valence-corrected chi connectivity index (χ0v) is 12.3. The minimum absolute atomic E-state index is 0.215. The van der Waals surface area contributed by atoms with E-state index in [0.29, 0.717) is 10.9 Å². The molecule has 6 heteroatoms. The number of carbonyl (C=O) groups excluding carboxylic acids is 1. The number of hydrazine groups is 1. The van der Waals surface area contributed by atoms with E-state index in [1.807, 2.05) is 13.0 Å². The number of rotatable bonds is 4. The highest BCUT2D eigenvalue weighted by Crippen LogP contribution is 2.24. The number of nitrogens with one attached hydrogen (secondary N) is 1. The third kappa shape index (κ3) is 3.54. The van der Waals surface area contributed by atoms with Gasteiger partial charge in [0.2, 0.25) is 0 Å². The Balaban J connectivity index is 2.01. The monoisotopic (exact) mass is 283 g/mol. The first-order valence-electron chi connectivity index (χ1n) is 6.50. The summed E-state index contributed by atoms with van der Waals surface area (Å²) in [7, 11) is 2.13. The van der Waals surface area contributed by atoms with Crippen molar-refractivity contribution in [1.82, 2.24) is 10.3 Å². The molecular formula is C13H21N3O2S. The second-order valence-corrected chi connectivity index (χ2v) is 6.18. The number of nitrogens with two attached hydrogens (primary N) is 1. The van der Waals surface area contributed by atoms with Crippen molar-refractivity contribution < 1.29 is 9.53 Å². The van der Waals surface area contributed by atoms with Gasteiger partial charge in [-0.1, -0.05) is 0 Å². The fourth-order valence-electron chi connectivity index (χ4n) is 2.38. The van der Waals surface area contributed by atoms with Crippen LogP contribution < -0.4 is 11.3 Å². The molecule has 1 aliphatic heterocycles. The topological polar surface area (TPSA) is 67.6 Å². The first kappa shape index (κ1) is 14.5. The van der Waals surface area contributed by atoms with Gasteiger partial charge in [0.25, 0.3) is 5.91 Å². The van der Waals surface area contributed by atoms with Crippen LogP contribution in [-0.4, -0.2) is 37.1 Å². The van der Waals surface area contributed by atoms with Crippen molar-refractivity contribution in [3.8, 4) is 0 Å². The normalized spacial score (nSPS) is 16.8. The summed E-state index contributed by atoms with van der Waals surface area (Å²) in [5.41, 5.74) is 3.39.